The number of rotatable bonds is 5. The minimum Gasteiger partial charge on any atom is -0.497 e. The molecule has 0 aliphatic heterocycles. The lowest BCUT2D eigenvalue weighted by molar-refractivity contribution is -0.375. The largest absolute Gasteiger partial charge is 0.497 e. The minimum atomic E-state index is -6.00. The maximum atomic E-state index is 13.1. The number of benzene rings is 2. The molecule has 0 bridgehead atoms. The third kappa shape index (κ3) is 4.62. The zero-order chi connectivity index (χ0) is 25.6. The molecular weight excluding hydrogens is 520 g/mol. The Morgan fingerprint density at radius 2 is 1.74 bits per heavy atom. The van der Waals surface area contributed by atoms with Gasteiger partial charge in [-0.25, -0.2) is 9.78 Å². The summed E-state index contributed by atoms with van der Waals surface area (Å²) in [6, 6.07) is 12.8. The number of fused-ring (bicyclic) bond motifs is 1. The van der Waals surface area contributed by atoms with Gasteiger partial charge in [0.15, 0.2) is 4.34 Å². The predicted molar refractivity (Wildman–Crippen MR) is 117 cm³/mol. The smallest absolute Gasteiger partial charge is 0.431 e. The molecule has 2 aromatic carbocycles. The number of thiazole rings is 1. The molecule has 4 aromatic rings. The molecule has 0 spiro atoms. The highest BCUT2D eigenvalue weighted by atomic mass is 32.2. The SMILES string of the molecule is COc1cccc(-c2cc(=O)oc3cc(Sc4ncc(C(O)(C(F)(F)F)C(F)(F)F)s4)ccc23)c1. The minimum absolute atomic E-state index is 0.0567. The van der Waals surface area contributed by atoms with Gasteiger partial charge < -0.3 is 14.3 Å². The van der Waals surface area contributed by atoms with Crippen LogP contribution in [0.1, 0.15) is 4.88 Å². The summed E-state index contributed by atoms with van der Waals surface area (Å²) in [6.07, 6.45) is -11.7. The maximum absolute atomic E-state index is 13.1. The fourth-order valence-corrected chi connectivity index (χ4v) is 5.36. The molecule has 2 heterocycles. The van der Waals surface area contributed by atoms with E-state index in [2.05, 4.69) is 4.98 Å². The van der Waals surface area contributed by atoms with Crippen molar-refractivity contribution in [1.82, 2.24) is 4.98 Å². The van der Waals surface area contributed by atoms with Gasteiger partial charge in [0.25, 0.3) is 5.60 Å². The number of alkyl halides is 6. The number of hydrogen-bond acceptors (Lipinski definition) is 7. The number of aliphatic hydroxyl groups is 1. The highest BCUT2D eigenvalue weighted by molar-refractivity contribution is 8.01. The van der Waals surface area contributed by atoms with Crippen LogP contribution in [0.4, 0.5) is 26.3 Å². The van der Waals surface area contributed by atoms with Crippen molar-refractivity contribution in [2.75, 3.05) is 7.11 Å². The van der Waals surface area contributed by atoms with Crippen LogP contribution in [-0.4, -0.2) is 29.6 Å². The Labute approximate surface area is 201 Å². The Morgan fingerprint density at radius 3 is 2.40 bits per heavy atom. The molecule has 5 nitrogen and oxygen atoms in total. The average molecular weight is 533 g/mol. The molecule has 0 radical (unpaired) electrons. The van der Waals surface area contributed by atoms with E-state index in [1.54, 1.807) is 36.4 Å². The van der Waals surface area contributed by atoms with Gasteiger partial charge in [0, 0.05) is 22.5 Å². The second kappa shape index (κ2) is 8.88. The first-order chi connectivity index (χ1) is 16.3. The van der Waals surface area contributed by atoms with E-state index in [1.807, 2.05) is 0 Å². The van der Waals surface area contributed by atoms with Gasteiger partial charge in [0.05, 0.1) is 12.0 Å². The lowest BCUT2D eigenvalue weighted by Gasteiger charge is -2.30. The van der Waals surface area contributed by atoms with Crippen LogP contribution in [0.3, 0.4) is 0 Å². The molecule has 13 heteroatoms. The summed E-state index contributed by atoms with van der Waals surface area (Å²) in [7, 11) is 1.49. The zero-order valence-corrected chi connectivity index (χ0v) is 19.0. The Morgan fingerprint density at radius 1 is 1.03 bits per heavy atom. The topological polar surface area (TPSA) is 72.6 Å². The molecule has 184 valence electrons. The van der Waals surface area contributed by atoms with E-state index in [1.165, 1.54) is 19.2 Å². The fourth-order valence-electron chi connectivity index (χ4n) is 3.25. The van der Waals surface area contributed by atoms with Gasteiger partial charge >= 0.3 is 18.0 Å². The predicted octanol–water partition coefficient (Wildman–Crippen LogP) is 6.39. The second-order valence-corrected chi connectivity index (χ2v) is 9.52. The Hall–Kier alpha value is -3.03. The molecule has 0 saturated heterocycles. The molecule has 0 atom stereocenters. The highest BCUT2D eigenvalue weighted by Gasteiger charge is 2.72. The van der Waals surface area contributed by atoms with Crippen LogP contribution >= 0.6 is 23.1 Å². The van der Waals surface area contributed by atoms with Gasteiger partial charge in [0.1, 0.15) is 11.3 Å². The summed E-state index contributed by atoms with van der Waals surface area (Å²) in [5.41, 5.74) is -4.33. The molecule has 0 fully saturated rings. The maximum Gasteiger partial charge on any atom is 0.431 e. The third-order valence-electron chi connectivity index (χ3n) is 4.96. The van der Waals surface area contributed by atoms with Crippen LogP contribution in [0, 0.1) is 0 Å². The van der Waals surface area contributed by atoms with Crippen molar-refractivity contribution in [2.24, 2.45) is 0 Å². The third-order valence-corrected chi connectivity index (χ3v) is 7.13. The van der Waals surface area contributed by atoms with E-state index in [4.69, 9.17) is 9.15 Å². The van der Waals surface area contributed by atoms with E-state index in [9.17, 15) is 36.2 Å². The second-order valence-electron chi connectivity index (χ2n) is 7.17. The lowest BCUT2D eigenvalue weighted by Crippen LogP contribution is -2.53. The van der Waals surface area contributed by atoms with E-state index in [0.29, 0.717) is 33.4 Å². The number of methoxy groups -OCH3 is 1. The molecule has 35 heavy (non-hydrogen) atoms. The molecule has 0 aliphatic rings. The number of aromatic nitrogens is 1. The van der Waals surface area contributed by atoms with Gasteiger partial charge in [-0.15, -0.1) is 11.3 Å². The van der Waals surface area contributed by atoms with Gasteiger partial charge in [-0.05, 0) is 41.5 Å². The van der Waals surface area contributed by atoms with Crippen LogP contribution < -0.4 is 10.4 Å². The molecule has 2 aromatic heterocycles. The first-order valence-corrected chi connectivity index (χ1v) is 11.2. The summed E-state index contributed by atoms with van der Waals surface area (Å²) in [4.78, 5) is 14.7. The summed E-state index contributed by atoms with van der Waals surface area (Å²) in [5.74, 6) is 0.563. The number of nitrogens with zero attached hydrogens (tertiary/aromatic N) is 1. The van der Waals surface area contributed by atoms with Crippen molar-refractivity contribution in [3.8, 4) is 16.9 Å². The molecule has 0 aliphatic carbocycles. The first-order valence-electron chi connectivity index (χ1n) is 9.56. The molecule has 4 rings (SSSR count). The molecule has 0 amide bonds. The van der Waals surface area contributed by atoms with E-state index in [-0.39, 0.29) is 21.3 Å². The van der Waals surface area contributed by atoms with E-state index < -0.39 is 28.5 Å². The number of hydrogen-bond donors (Lipinski definition) is 1. The number of halogens is 6. The standard InChI is InChI=1S/C22H13F6NO4S2/c1-32-12-4-2-3-11(7-12)15-9-18(30)33-16-8-13(5-6-14(15)16)34-19-29-10-17(35-19)20(31,21(23,24)25)22(26,27)28/h2-10,31H,1H3. The van der Waals surface area contributed by atoms with Crippen LogP contribution in [-0.2, 0) is 5.60 Å². The summed E-state index contributed by atoms with van der Waals surface area (Å²) >= 11 is 0.810. The molecular formula is C22H13F6NO4S2. The van der Waals surface area contributed by atoms with Gasteiger partial charge in [-0.2, -0.15) is 26.3 Å². The van der Waals surface area contributed by atoms with Crippen molar-refractivity contribution in [3.63, 3.8) is 0 Å². The quantitative estimate of drug-likeness (QED) is 0.237. The van der Waals surface area contributed by atoms with Gasteiger partial charge in [-0.1, -0.05) is 23.9 Å². The monoisotopic (exact) mass is 533 g/mol. The normalized spacial score (nSPS) is 12.8. The fraction of sp³-hybridized carbons (Fsp3) is 0.182. The van der Waals surface area contributed by atoms with Crippen molar-refractivity contribution in [2.45, 2.75) is 27.2 Å². The van der Waals surface area contributed by atoms with Crippen LogP contribution in [0.25, 0.3) is 22.1 Å². The number of ether oxygens (including phenoxy) is 1. The molecule has 1 N–H and O–H groups in total. The summed E-state index contributed by atoms with van der Waals surface area (Å²) < 4.78 is 88.9. The van der Waals surface area contributed by atoms with Crippen LogP contribution in [0.5, 0.6) is 5.75 Å². The Kier molecular flexibility index (Phi) is 6.36. The first kappa shape index (κ1) is 25.1. The highest BCUT2D eigenvalue weighted by Crippen LogP contribution is 2.52. The van der Waals surface area contributed by atoms with E-state index >= 15 is 0 Å². The van der Waals surface area contributed by atoms with Crippen LogP contribution in [0.2, 0.25) is 0 Å². The van der Waals surface area contributed by atoms with Crippen molar-refractivity contribution in [3.05, 3.63) is 70.0 Å². The lowest BCUT2D eigenvalue weighted by atomic mass is 10.0. The van der Waals surface area contributed by atoms with Crippen molar-refractivity contribution < 1.29 is 40.6 Å². The Balaban J connectivity index is 1.70. The summed E-state index contributed by atoms with van der Waals surface area (Å²) in [5, 5.41) is 10.1. The molecule has 0 unspecified atom stereocenters. The van der Waals surface area contributed by atoms with Gasteiger partial charge in [-0.3, -0.25) is 0 Å². The summed E-state index contributed by atoms with van der Waals surface area (Å²) in [6.45, 7) is 0. The van der Waals surface area contributed by atoms with E-state index in [0.717, 1.165) is 11.8 Å². The average Bonchev–Trinajstić information content (AvgIpc) is 3.24. The van der Waals surface area contributed by atoms with Gasteiger partial charge in [0.2, 0.25) is 0 Å². The van der Waals surface area contributed by atoms with Crippen molar-refractivity contribution in [1.29, 1.82) is 0 Å². The Bertz CT molecular complexity index is 1430. The molecule has 0 saturated carbocycles. The van der Waals surface area contributed by atoms with Crippen molar-refractivity contribution >= 4 is 34.1 Å². The zero-order valence-electron chi connectivity index (χ0n) is 17.4. The van der Waals surface area contributed by atoms with Crippen LogP contribution in [0.15, 0.2) is 73.2 Å².